The van der Waals surface area contributed by atoms with Crippen molar-refractivity contribution in [1.29, 1.82) is 0 Å². The van der Waals surface area contributed by atoms with E-state index in [0.717, 1.165) is 17.1 Å². The van der Waals surface area contributed by atoms with Gasteiger partial charge in [-0.3, -0.25) is 0 Å². The van der Waals surface area contributed by atoms with Gasteiger partial charge in [-0.15, -0.1) is 17.9 Å². The fourth-order valence-corrected chi connectivity index (χ4v) is 1.87. The Morgan fingerprint density at radius 3 is 2.75 bits per heavy atom. The monoisotopic (exact) mass is 182 g/mol. The first-order chi connectivity index (χ1) is 5.65. The van der Waals surface area contributed by atoms with Gasteiger partial charge >= 0.3 is 0 Å². The third-order valence-corrected chi connectivity index (χ3v) is 2.99. The molecule has 0 amide bonds. The van der Waals surface area contributed by atoms with Crippen LogP contribution in [0.4, 0.5) is 0 Å². The summed E-state index contributed by atoms with van der Waals surface area (Å²) in [6.45, 7) is 7.73. The summed E-state index contributed by atoms with van der Waals surface area (Å²) in [5.74, 6) is 0. The number of aryl methyl sites for hydroxylation is 2. The van der Waals surface area contributed by atoms with Crippen LogP contribution in [0.25, 0.3) is 0 Å². The number of aromatic nitrogens is 1. The molecule has 3 heteroatoms. The van der Waals surface area contributed by atoms with Crippen LogP contribution in [0.2, 0.25) is 0 Å². The highest BCUT2D eigenvalue weighted by Gasteiger charge is 2.09. The number of nitrogens with zero attached hydrogens (tertiary/aromatic N) is 1. The molecule has 0 saturated carbocycles. The van der Waals surface area contributed by atoms with Crippen LogP contribution in [0, 0.1) is 13.8 Å². The molecule has 1 atom stereocenters. The Morgan fingerprint density at radius 1 is 1.67 bits per heavy atom. The summed E-state index contributed by atoms with van der Waals surface area (Å²) >= 11 is 1.68. The lowest BCUT2D eigenvalue weighted by Gasteiger charge is -2.02. The fraction of sp³-hybridized carbons (Fsp3) is 0.444. The largest absolute Gasteiger partial charge is 0.322 e. The van der Waals surface area contributed by atoms with Crippen molar-refractivity contribution < 1.29 is 0 Å². The molecule has 12 heavy (non-hydrogen) atoms. The van der Waals surface area contributed by atoms with Gasteiger partial charge < -0.3 is 5.73 Å². The standard InChI is InChI=1S/C9H14N2S/c1-4-5-8(10)9-11-6(2)7(3)12-9/h4,8H,1,5,10H2,2-3H3/t8-/m0/s1. The number of rotatable bonds is 3. The molecule has 0 radical (unpaired) electrons. The van der Waals surface area contributed by atoms with Gasteiger partial charge in [-0.2, -0.15) is 0 Å². The molecule has 0 bridgehead atoms. The Morgan fingerprint density at radius 2 is 2.33 bits per heavy atom. The third kappa shape index (κ3) is 1.93. The van der Waals surface area contributed by atoms with Gasteiger partial charge in [-0.1, -0.05) is 6.08 Å². The molecule has 1 aromatic rings. The molecule has 0 unspecified atom stereocenters. The summed E-state index contributed by atoms with van der Waals surface area (Å²) in [6.07, 6.45) is 2.63. The van der Waals surface area contributed by atoms with E-state index in [2.05, 4.69) is 18.5 Å². The topological polar surface area (TPSA) is 38.9 Å². The van der Waals surface area contributed by atoms with Crippen molar-refractivity contribution in [1.82, 2.24) is 4.98 Å². The molecule has 0 aliphatic heterocycles. The van der Waals surface area contributed by atoms with Crippen LogP contribution in [0.15, 0.2) is 12.7 Å². The van der Waals surface area contributed by atoms with Gasteiger partial charge in [0, 0.05) is 4.88 Å². The van der Waals surface area contributed by atoms with Crippen LogP contribution in [0.1, 0.15) is 28.0 Å². The first kappa shape index (κ1) is 9.42. The Balaban J connectivity index is 2.80. The maximum absolute atomic E-state index is 5.86. The van der Waals surface area contributed by atoms with Crippen LogP contribution in [0.5, 0.6) is 0 Å². The maximum Gasteiger partial charge on any atom is 0.110 e. The minimum atomic E-state index is 0.0277. The van der Waals surface area contributed by atoms with Gasteiger partial charge in [0.05, 0.1) is 11.7 Å². The van der Waals surface area contributed by atoms with E-state index in [0.29, 0.717) is 0 Å². The number of nitrogens with two attached hydrogens (primary N) is 1. The van der Waals surface area contributed by atoms with Gasteiger partial charge in [0.1, 0.15) is 5.01 Å². The molecule has 1 heterocycles. The Hall–Kier alpha value is -0.670. The number of hydrogen-bond donors (Lipinski definition) is 1. The predicted octanol–water partition coefficient (Wildman–Crippen LogP) is 2.34. The molecule has 0 fully saturated rings. The van der Waals surface area contributed by atoms with E-state index >= 15 is 0 Å². The van der Waals surface area contributed by atoms with Gasteiger partial charge in [-0.05, 0) is 20.3 Å². The van der Waals surface area contributed by atoms with E-state index < -0.39 is 0 Å². The molecule has 1 rings (SSSR count). The predicted molar refractivity (Wildman–Crippen MR) is 53.3 cm³/mol. The van der Waals surface area contributed by atoms with Crippen molar-refractivity contribution in [2.45, 2.75) is 26.3 Å². The van der Waals surface area contributed by atoms with E-state index in [1.807, 2.05) is 13.0 Å². The summed E-state index contributed by atoms with van der Waals surface area (Å²) in [6, 6.07) is 0.0277. The summed E-state index contributed by atoms with van der Waals surface area (Å²) in [5.41, 5.74) is 6.96. The minimum Gasteiger partial charge on any atom is -0.322 e. The van der Waals surface area contributed by atoms with Crippen LogP contribution in [-0.4, -0.2) is 4.98 Å². The SMILES string of the molecule is C=CC[C@H](N)c1nc(C)c(C)s1. The Labute approximate surface area is 77.1 Å². The van der Waals surface area contributed by atoms with Crippen LogP contribution >= 0.6 is 11.3 Å². The van der Waals surface area contributed by atoms with Crippen LogP contribution in [0.3, 0.4) is 0 Å². The lowest BCUT2D eigenvalue weighted by atomic mass is 10.2. The molecule has 0 spiro atoms. The Bertz CT molecular complexity index is 259. The smallest absolute Gasteiger partial charge is 0.110 e. The van der Waals surface area contributed by atoms with Crippen molar-refractivity contribution >= 4 is 11.3 Å². The molecule has 1 aromatic heterocycles. The van der Waals surface area contributed by atoms with Crippen molar-refractivity contribution in [2.24, 2.45) is 5.73 Å². The zero-order chi connectivity index (χ0) is 9.14. The van der Waals surface area contributed by atoms with E-state index in [1.54, 1.807) is 11.3 Å². The van der Waals surface area contributed by atoms with Gasteiger partial charge in [0.25, 0.3) is 0 Å². The van der Waals surface area contributed by atoms with Crippen LogP contribution in [-0.2, 0) is 0 Å². The lowest BCUT2D eigenvalue weighted by Crippen LogP contribution is -2.08. The highest BCUT2D eigenvalue weighted by Crippen LogP contribution is 2.23. The average molecular weight is 182 g/mol. The van der Waals surface area contributed by atoms with Crippen molar-refractivity contribution in [3.05, 3.63) is 28.2 Å². The van der Waals surface area contributed by atoms with Crippen molar-refractivity contribution in [2.75, 3.05) is 0 Å². The second-order valence-corrected chi connectivity index (χ2v) is 4.06. The first-order valence-corrected chi connectivity index (χ1v) is 4.77. The normalized spacial score (nSPS) is 12.9. The van der Waals surface area contributed by atoms with Gasteiger partial charge in [0.2, 0.25) is 0 Å². The maximum atomic E-state index is 5.86. The van der Waals surface area contributed by atoms with Crippen molar-refractivity contribution in [3.63, 3.8) is 0 Å². The summed E-state index contributed by atoms with van der Waals surface area (Å²) in [7, 11) is 0. The highest BCUT2D eigenvalue weighted by atomic mass is 32.1. The zero-order valence-corrected chi connectivity index (χ0v) is 8.32. The second kappa shape index (κ2) is 3.83. The first-order valence-electron chi connectivity index (χ1n) is 3.95. The number of hydrogen-bond acceptors (Lipinski definition) is 3. The van der Waals surface area contributed by atoms with E-state index in [-0.39, 0.29) is 6.04 Å². The quantitative estimate of drug-likeness (QED) is 0.729. The van der Waals surface area contributed by atoms with Crippen LogP contribution < -0.4 is 5.73 Å². The molecular formula is C9H14N2S. The molecule has 2 N–H and O–H groups in total. The Kier molecular flexibility index (Phi) is 3.00. The van der Waals surface area contributed by atoms with Gasteiger partial charge in [-0.25, -0.2) is 4.98 Å². The molecule has 66 valence electrons. The third-order valence-electron chi connectivity index (χ3n) is 1.78. The second-order valence-electron chi connectivity index (χ2n) is 2.82. The van der Waals surface area contributed by atoms with E-state index in [9.17, 15) is 0 Å². The van der Waals surface area contributed by atoms with Crippen molar-refractivity contribution in [3.8, 4) is 0 Å². The highest BCUT2D eigenvalue weighted by molar-refractivity contribution is 7.11. The summed E-state index contributed by atoms with van der Waals surface area (Å²) in [5, 5.41) is 1.02. The number of thiazole rings is 1. The molecular weight excluding hydrogens is 168 g/mol. The molecule has 0 aliphatic rings. The lowest BCUT2D eigenvalue weighted by molar-refractivity contribution is 0.731. The fourth-order valence-electron chi connectivity index (χ4n) is 0.937. The molecule has 0 aromatic carbocycles. The van der Waals surface area contributed by atoms with E-state index in [1.165, 1.54) is 4.88 Å². The summed E-state index contributed by atoms with van der Waals surface area (Å²) < 4.78 is 0. The molecule has 2 nitrogen and oxygen atoms in total. The van der Waals surface area contributed by atoms with Gasteiger partial charge in [0.15, 0.2) is 0 Å². The average Bonchev–Trinajstić information content (AvgIpc) is 2.33. The minimum absolute atomic E-state index is 0.0277. The van der Waals surface area contributed by atoms with E-state index in [4.69, 9.17) is 5.73 Å². The summed E-state index contributed by atoms with van der Waals surface area (Å²) in [4.78, 5) is 5.63. The molecule has 0 saturated heterocycles. The molecule has 0 aliphatic carbocycles. The zero-order valence-electron chi connectivity index (χ0n) is 7.50.